The van der Waals surface area contributed by atoms with Crippen molar-refractivity contribution in [3.8, 4) is 6.07 Å². The van der Waals surface area contributed by atoms with Crippen molar-refractivity contribution in [3.63, 3.8) is 0 Å². The smallest absolute Gasteiger partial charge is 0.0624 e. The van der Waals surface area contributed by atoms with Crippen LogP contribution in [0.25, 0.3) is 0 Å². The van der Waals surface area contributed by atoms with Crippen LogP contribution < -0.4 is 0 Å². The van der Waals surface area contributed by atoms with Crippen molar-refractivity contribution < 1.29 is 5.11 Å². The first-order chi connectivity index (χ1) is 4.33. The molecule has 0 saturated heterocycles. The summed E-state index contributed by atoms with van der Waals surface area (Å²) in [6.45, 7) is 0. The molecule has 0 amide bonds. The number of rotatable bonds is 1. The minimum Gasteiger partial charge on any atom is -0.393 e. The van der Waals surface area contributed by atoms with Gasteiger partial charge in [-0.2, -0.15) is 5.26 Å². The summed E-state index contributed by atoms with van der Waals surface area (Å²) in [4.78, 5) is 0. The minimum absolute atomic E-state index is 0.122. The molecule has 0 aromatic heterocycles. The standard InChI is InChI=1S/C7H11NO/c8-4-3-6-1-2-7(9)5-6/h6-7,9H,1-3,5H2. The maximum absolute atomic E-state index is 9.02. The minimum atomic E-state index is -0.122. The molecule has 0 heterocycles. The Morgan fingerprint density at radius 1 is 1.56 bits per heavy atom. The second-order valence-corrected chi connectivity index (χ2v) is 2.70. The van der Waals surface area contributed by atoms with Gasteiger partial charge < -0.3 is 5.11 Å². The third kappa shape index (κ3) is 1.69. The van der Waals surface area contributed by atoms with Crippen molar-refractivity contribution in [3.05, 3.63) is 0 Å². The van der Waals surface area contributed by atoms with E-state index >= 15 is 0 Å². The molecule has 0 aliphatic heterocycles. The van der Waals surface area contributed by atoms with Crippen LogP contribution in [0.15, 0.2) is 0 Å². The van der Waals surface area contributed by atoms with Crippen LogP contribution in [0.4, 0.5) is 0 Å². The third-order valence-corrected chi connectivity index (χ3v) is 1.89. The van der Waals surface area contributed by atoms with Gasteiger partial charge in [-0.1, -0.05) is 0 Å². The van der Waals surface area contributed by atoms with Crippen molar-refractivity contribution in [1.29, 1.82) is 5.26 Å². The van der Waals surface area contributed by atoms with Gasteiger partial charge in [-0.3, -0.25) is 0 Å². The highest BCUT2D eigenvalue weighted by Crippen LogP contribution is 2.27. The molecule has 1 N–H and O–H groups in total. The fourth-order valence-electron chi connectivity index (χ4n) is 1.36. The maximum Gasteiger partial charge on any atom is 0.0624 e. The van der Waals surface area contributed by atoms with E-state index < -0.39 is 0 Å². The quantitative estimate of drug-likeness (QED) is 0.569. The Morgan fingerprint density at radius 2 is 2.33 bits per heavy atom. The highest BCUT2D eigenvalue weighted by Gasteiger charge is 2.21. The van der Waals surface area contributed by atoms with Crippen molar-refractivity contribution in [2.45, 2.75) is 31.8 Å². The second kappa shape index (κ2) is 2.84. The highest BCUT2D eigenvalue weighted by molar-refractivity contribution is 4.82. The zero-order valence-electron chi connectivity index (χ0n) is 5.38. The van der Waals surface area contributed by atoms with Gasteiger partial charge in [0.1, 0.15) is 0 Å². The van der Waals surface area contributed by atoms with Gasteiger partial charge >= 0.3 is 0 Å². The fourth-order valence-corrected chi connectivity index (χ4v) is 1.36. The molecule has 1 aliphatic rings. The predicted octanol–water partition coefficient (Wildman–Crippen LogP) is 1.06. The Bertz CT molecular complexity index is 127. The number of hydrogen-bond acceptors (Lipinski definition) is 2. The van der Waals surface area contributed by atoms with E-state index in [4.69, 9.17) is 10.4 Å². The Kier molecular flexibility index (Phi) is 2.07. The summed E-state index contributed by atoms with van der Waals surface area (Å²) in [6.07, 6.45) is 3.27. The summed E-state index contributed by atoms with van der Waals surface area (Å²) in [5.41, 5.74) is 0. The summed E-state index contributed by atoms with van der Waals surface area (Å²) in [6, 6.07) is 2.12. The van der Waals surface area contributed by atoms with E-state index in [2.05, 4.69) is 6.07 Å². The Labute approximate surface area is 55.1 Å². The molecule has 0 aromatic rings. The van der Waals surface area contributed by atoms with Gasteiger partial charge in [-0.25, -0.2) is 0 Å². The lowest BCUT2D eigenvalue weighted by atomic mass is 10.1. The zero-order chi connectivity index (χ0) is 6.69. The van der Waals surface area contributed by atoms with Gasteiger partial charge in [0.15, 0.2) is 0 Å². The first kappa shape index (κ1) is 6.57. The predicted molar refractivity (Wildman–Crippen MR) is 33.6 cm³/mol. The number of nitriles is 1. The van der Waals surface area contributed by atoms with Crippen LogP contribution in [0.2, 0.25) is 0 Å². The zero-order valence-corrected chi connectivity index (χ0v) is 5.38. The van der Waals surface area contributed by atoms with Crippen LogP contribution in [0.1, 0.15) is 25.7 Å². The van der Waals surface area contributed by atoms with Crippen molar-refractivity contribution >= 4 is 0 Å². The second-order valence-electron chi connectivity index (χ2n) is 2.70. The van der Waals surface area contributed by atoms with E-state index in [0.29, 0.717) is 12.3 Å². The van der Waals surface area contributed by atoms with Gasteiger partial charge in [0.05, 0.1) is 12.2 Å². The average Bonchev–Trinajstić information content (AvgIpc) is 2.17. The van der Waals surface area contributed by atoms with E-state index in [9.17, 15) is 0 Å². The monoisotopic (exact) mass is 125 g/mol. The van der Waals surface area contributed by atoms with Crippen molar-refractivity contribution in [1.82, 2.24) is 0 Å². The van der Waals surface area contributed by atoms with Crippen LogP contribution >= 0.6 is 0 Å². The van der Waals surface area contributed by atoms with E-state index in [1.165, 1.54) is 0 Å². The molecule has 0 spiro atoms. The SMILES string of the molecule is N#CCC1CCC(O)C1. The topological polar surface area (TPSA) is 44.0 Å². The molecule has 0 radical (unpaired) electrons. The molecule has 0 aromatic carbocycles. The molecule has 2 unspecified atom stereocenters. The van der Waals surface area contributed by atoms with Crippen LogP contribution in [0.5, 0.6) is 0 Å². The highest BCUT2D eigenvalue weighted by atomic mass is 16.3. The summed E-state index contributed by atoms with van der Waals surface area (Å²) in [5.74, 6) is 0.477. The Balaban J connectivity index is 2.24. The summed E-state index contributed by atoms with van der Waals surface area (Å²) < 4.78 is 0. The van der Waals surface area contributed by atoms with Crippen LogP contribution in [-0.4, -0.2) is 11.2 Å². The van der Waals surface area contributed by atoms with Gasteiger partial charge in [0.25, 0.3) is 0 Å². The van der Waals surface area contributed by atoms with E-state index in [1.807, 2.05) is 0 Å². The fraction of sp³-hybridized carbons (Fsp3) is 0.857. The van der Waals surface area contributed by atoms with Crippen LogP contribution in [0.3, 0.4) is 0 Å². The molecule has 1 aliphatic carbocycles. The summed E-state index contributed by atoms with van der Waals surface area (Å²) >= 11 is 0. The molecule has 50 valence electrons. The van der Waals surface area contributed by atoms with Crippen LogP contribution in [0, 0.1) is 17.2 Å². The molecule has 2 atom stereocenters. The number of nitrogens with zero attached hydrogens (tertiary/aromatic N) is 1. The first-order valence-corrected chi connectivity index (χ1v) is 3.38. The summed E-state index contributed by atoms with van der Waals surface area (Å²) in [5, 5.41) is 17.3. The average molecular weight is 125 g/mol. The lowest BCUT2D eigenvalue weighted by Gasteiger charge is -1.99. The molecule has 2 nitrogen and oxygen atoms in total. The number of hydrogen-bond donors (Lipinski definition) is 1. The van der Waals surface area contributed by atoms with E-state index in [1.54, 1.807) is 0 Å². The molecule has 9 heavy (non-hydrogen) atoms. The molecular weight excluding hydrogens is 114 g/mol. The van der Waals surface area contributed by atoms with Gasteiger partial charge in [0, 0.05) is 6.42 Å². The van der Waals surface area contributed by atoms with E-state index in [-0.39, 0.29) is 6.10 Å². The first-order valence-electron chi connectivity index (χ1n) is 3.38. The van der Waals surface area contributed by atoms with E-state index in [0.717, 1.165) is 19.3 Å². The molecule has 2 heteroatoms. The van der Waals surface area contributed by atoms with Gasteiger partial charge in [-0.05, 0) is 25.2 Å². The third-order valence-electron chi connectivity index (χ3n) is 1.89. The van der Waals surface area contributed by atoms with Crippen molar-refractivity contribution in [2.24, 2.45) is 5.92 Å². The Hall–Kier alpha value is -0.550. The van der Waals surface area contributed by atoms with Gasteiger partial charge in [0.2, 0.25) is 0 Å². The molecular formula is C7H11NO. The molecule has 1 fully saturated rings. The van der Waals surface area contributed by atoms with Crippen LogP contribution in [-0.2, 0) is 0 Å². The van der Waals surface area contributed by atoms with Crippen molar-refractivity contribution in [2.75, 3.05) is 0 Å². The largest absolute Gasteiger partial charge is 0.393 e. The number of aliphatic hydroxyl groups is 1. The normalized spacial score (nSPS) is 34.2. The molecule has 0 bridgehead atoms. The lowest BCUT2D eigenvalue weighted by molar-refractivity contribution is 0.178. The lowest BCUT2D eigenvalue weighted by Crippen LogP contribution is -1.99. The van der Waals surface area contributed by atoms with Gasteiger partial charge in [-0.15, -0.1) is 0 Å². The Morgan fingerprint density at radius 3 is 2.78 bits per heavy atom. The summed E-state index contributed by atoms with van der Waals surface area (Å²) in [7, 11) is 0. The number of aliphatic hydroxyl groups excluding tert-OH is 1. The molecule has 1 rings (SSSR count). The maximum atomic E-state index is 9.02. The molecule has 1 saturated carbocycles.